The van der Waals surface area contributed by atoms with E-state index in [4.69, 9.17) is 4.74 Å². The smallest absolute Gasteiger partial charge is 0.291 e. The Kier molecular flexibility index (Phi) is 6.33. The maximum atomic E-state index is 15.0. The van der Waals surface area contributed by atoms with E-state index in [0.717, 1.165) is 12.8 Å². The molecule has 2 aromatic heterocycles. The van der Waals surface area contributed by atoms with Gasteiger partial charge in [0, 0.05) is 36.3 Å². The highest BCUT2D eigenvalue weighted by molar-refractivity contribution is 5.94. The molecule has 184 valence electrons. The number of ether oxygens (including phenoxy) is 1. The summed E-state index contributed by atoms with van der Waals surface area (Å²) in [6.07, 6.45) is 1.43. The molecular weight excluding hydrogens is 465 g/mol. The predicted molar refractivity (Wildman–Crippen MR) is 127 cm³/mol. The van der Waals surface area contributed by atoms with Gasteiger partial charge in [0.2, 0.25) is 11.7 Å². The van der Waals surface area contributed by atoms with Gasteiger partial charge in [0.25, 0.3) is 5.91 Å². The van der Waals surface area contributed by atoms with Gasteiger partial charge in [-0.1, -0.05) is 0 Å². The normalized spacial score (nSPS) is 19.4. The number of hydrogen-bond donors (Lipinski definition) is 2. The highest BCUT2D eigenvalue weighted by Gasteiger charge is 2.35. The van der Waals surface area contributed by atoms with Crippen LogP contribution in [0.3, 0.4) is 0 Å². The van der Waals surface area contributed by atoms with E-state index in [-0.39, 0.29) is 48.5 Å². The molecule has 2 amide bonds. The molecule has 2 fully saturated rings. The summed E-state index contributed by atoms with van der Waals surface area (Å²) in [5.74, 6) is 0.438. The minimum Gasteiger partial charge on any atom is -0.486 e. The monoisotopic (exact) mass is 489 g/mol. The van der Waals surface area contributed by atoms with Crippen LogP contribution in [0.4, 0.5) is 10.1 Å². The molecule has 2 N–H and O–H groups in total. The number of aryl methyl sites for hydroxylation is 1. The molecule has 11 heteroatoms. The molecular formula is C25H24FN7O3. The highest BCUT2D eigenvalue weighted by atomic mass is 19.1. The van der Waals surface area contributed by atoms with E-state index in [2.05, 4.69) is 31.6 Å². The predicted octanol–water partition coefficient (Wildman–Crippen LogP) is 3.03. The number of piperidine rings is 1. The Morgan fingerprint density at radius 2 is 2.08 bits per heavy atom. The molecule has 3 heterocycles. The van der Waals surface area contributed by atoms with Crippen LogP contribution < -0.4 is 10.1 Å². The van der Waals surface area contributed by atoms with Gasteiger partial charge in [-0.15, -0.1) is 0 Å². The molecule has 1 saturated carbocycles. The second kappa shape index (κ2) is 9.73. The maximum Gasteiger partial charge on any atom is 0.291 e. The molecule has 0 unspecified atom stereocenters. The summed E-state index contributed by atoms with van der Waals surface area (Å²) >= 11 is 0. The number of amides is 2. The topological polar surface area (TPSA) is 137 Å². The van der Waals surface area contributed by atoms with Crippen molar-refractivity contribution in [1.29, 1.82) is 5.26 Å². The zero-order valence-corrected chi connectivity index (χ0v) is 19.6. The number of benzene rings is 1. The minimum absolute atomic E-state index is 0.00178. The van der Waals surface area contributed by atoms with Crippen LogP contribution in [0.15, 0.2) is 36.5 Å². The molecule has 3 aromatic rings. The first kappa shape index (κ1) is 23.4. The number of halogens is 1. The van der Waals surface area contributed by atoms with E-state index in [0.29, 0.717) is 22.8 Å². The average molecular weight is 490 g/mol. The van der Waals surface area contributed by atoms with Gasteiger partial charge >= 0.3 is 0 Å². The Balaban J connectivity index is 1.26. The molecule has 1 aromatic carbocycles. The number of likely N-dealkylation sites (tertiary alicyclic amines) is 1. The number of carbonyl (C=O) groups is 2. The van der Waals surface area contributed by atoms with Crippen molar-refractivity contribution < 1.29 is 18.7 Å². The number of H-pyrrole nitrogens is 1. The standard InChI is InChI=1S/C25H24FN7O3/c1-14-29-23(32-31-14)25(35)33-9-7-22(19(26)13-33)36-21-5-4-16(10-17(21)12-27)20-11-18(6-8-28-20)30-24(34)15-2-3-15/h4-6,8,10-11,15,19,22H,2-3,7,9,13H2,1H3,(H,28,30,34)(H,29,31,32)/t19-,22+/m1/s1. The van der Waals surface area contributed by atoms with Crippen molar-refractivity contribution in [2.24, 2.45) is 5.92 Å². The Bertz CT molecular complexity index is 1350. The Morgan fingerprint density at radius 3 is 2.78 bits per heavy atom. The van der Waals surface area contributed by atoms with Gasteiger partial charge in [0.15, 0.2) is 6.17 Å². The van der Waals surface area contributed by atoms with Gasteiger partial charge in [-0.3, -0.25) is 19.7 Å². The summed E-state index contributed by atoms with van der Waals surface area (Å²) in [7, 11) is 0. The first-order valence-electron chi connectivity index (χ1n) is 11.7. The fourth-order valence-corrected chi connectivity index (χ4v) is 4.09. The van der Waals surface area contributed by atoms with Crippen LogP contribution in [-0.4, -0.2) is 62.2 Å². The van der Waals surface area contributed by atoms with Crippen molar-refractivity contribution in [1.82, 2.24) is 25.1 Å². The van der Waals surface area contributed by atoms with Gasteiger partial charge in [-0.05, 0) is 50.1 Å². The second-order valence-electron chi connectivity index (χ2n) is 8.96. The van der Waals surface area contributed by atoms with Crippen molar-refractivity contribution in [2.45, 2.75) is 38.5 Å². The number of carbonyl (C=O) groups excluding carboxylic acids is 2. The number of rotatable bonds is 6. The minimum atomic E-state index is -1.44. The van der Waals surface area contributed by atoms with Crippen molar-refractivity contribution >= 4 is 17.5 Å². The molecule has 5 rings (SSSR count). The number of alkyl halides is 1. The lowest BCUT2D eigenvalue weighted by Gasteiger charge is -2.34. The Morgan fingerprint density at radius 1 is 1.25 bits per heavy atom. The van der Waals surface area contributed by atoms with Gasteiger partial charge in [0.05, 0.1) is 17.8 Å². The number of aromatic nitrogens is 4. The summed E-state index contributed by atoms with van der Waals surface area (Å²) in [5, 5.41) is 19.0. The number of nitrogens with zero attached hydrogens (tertiary/aromatic N) is 5. The van der Waals surface area contributed by atoms with Crippen LogP contribution in [0, 0.1) is 24.2 Å². The number of nitriles is 1. The largest absolute Gasteiger partial charge is 0.486 e. The zero-order valence-electron chi connectivity index (χ0n) is 19.6. The van der Waals surface area contributed by atoms with Crippen LogP contribution >= 0.6 is 0 Å². The van der Waals surface area contributed by atoms with E-state index in [1.54, 1.807) is 43.5 Å². The third-order valence-electron chi connectivity index (χ3n) is 6.22. The third kappa shape index (κ3) is 5.02. The Labute approximate surface area is 206 Å². The van der Waals surface area contributed by atoms with Crippen LogP contribution in [0.25, 0.3) is 11.3 Å². The first-order valence-corrected chi connectivity index (χ1v) is 11.7. The lowest BCUT2D eigenvalue weighted by atomic mass is 10.0. The molecule has 0 spiro atoms. The molecule has 10 nitrogen and oxygen atoms in total. The van der Waals surface area contributed by atoms with Crippen LogP contribution in [0.2, 0.25) is 0 Å². The SMILES string of the molecule is Cc1n[nH]c(C(=O)N2CC[C@H](Oc3ccc(-c4cc(NC(=O)C5CC5)ccn4)cc3C#N)[C@H](F)C2)n1. The van der Waals surface area contributed by atoms with Gasteiger partial charge in [-0.2, -0.15) is 10.4 Å². The van der Waals surface area contributed by atoms with Gasteiger partial charge in [0.1, 0.15) is 23.7 Å². The van der Waals surface area contributed by atoms with Crippen molar-refractivity contribution in [2.75, 3.05) is 18.4 Å². The lowest BCUT2D eigenvalue weighted by molar-refractivity contribution is -0.117. The molecule has 36 heavy (non-hydrogen) atoms. The molecule has 1 aliphatic heterocycles. The van der Waals surface area contributed by atoms with E-state index >= 15 is 0 Å². The van der Waals surface area contributed by atoms with E-state index in [1.165, 1.54) is 4.90 Å². The van der Waals surface area contributed by atoms with Crippen molar-refractivity contribution in [3.63, 3.8) is 0 Å². The summed E-state index contributed by atoms with van der Waals surface area (Å²) < 4.78 is 20.8. The van der Waals surface area contributed by atoms with E-state index < -0.39 is 18.2 Å². The number of nitrogens with one attached hydrogen (secondary N) is 2. The summed E-state index contributed by atoms with van der Waals surface area (Å²) in [4.78, 5) is 34.3. The van der Waals surface area contributed by atoms with E-state index in [1.807, 2.05) is 0 Å². The molecule has 2 aliphatic rings. The lowest BCUT2D eigenvalue weighted by Crippen LogP contribution is -2.49. The molecule has 0 bridgehead atoms. The maximum absolute atomic E-state index is 15.0. The van der Waals surface area contributed by atoms with Crippen LogP contribution in [-0.2, 0) is 4.79 Å². The molecule has 2 atom stereocenters. The van der Waals surface area contributed by atoms with Crippen LogP contribution in [0.5, 0.6) is 5.75 Å². The zero-order chi connectivity index (χ0) is 25.2. The first-order chi connectivity index (χ1) is 17.4. The van der Waals surface area contributed by atoms with Gasteiger partial charge < -0.3 is 15.0 Å². The number of anilines is 1. The highest BCUT2D eigenvalue weighted by Crippen LogP contribution is 2.32. The fraction of sp³-hybridized carbons (Fsp3) is 0.360. The number of pyridine rings is 1. The second-order valence-corrected chi connectivity index (χ2v) is 8.96. The third-order valence-corrected chi connectivity index (χ3v) is 6.22. The Hall–Kier alpha value is -4.33. The summed E-state index contributed by atoms with van der Waals surface area (Å²) in [6, 6.07) is 10.6. The average Bonchev–Trinajstić information content (AvgIpc) is 3.65. The van der Waals surface area contributed by atoms with Crippen molar-refractivity contribution in [3.8, 4) is 23.1 Å². The molecule has 1 aliphatic carbocycles. The summed E-state index contributed by atoms with van der Waals surface area (Å²) in [6.45, 7) is 1.79. The van der Waals surface area contributed by atoms with Crippen LogP contribution in [0.1, 0.15) is 41.3 Å². The molecule has 0 radical (unpaired) electrons. The fourth-order valence-electron chi connectivity index (χ4n) is 4.09. The summed E-state index contributed by atoms with van der Waals surface area (Å²) in [5.41, 5.74) is 2.13. The number of aromatic amines is 1. The van der Waals surface area contributed by atoms with Gasteiger partial charge in [-0.25, -0.2) is 9.37 Å². The van der Waals surface area contributed by atoms with E-state index in [9.17, 15) is 19.2 Å². The quantitative estimate of drug-likeness (QED) is 0.543. The molecule has 1 saturated heterocycles. The van der Waals surface area contributed by atoms with Crippen molar-refractivity contribution in [3.05, 3.63) is 53.7 Å². The number of hydrogen-bond acceptors (Lipinski definition) is 7.